The molecule has 0 aliphatic rings. The minimum absolute atomic E-state index is 0. The summed E-state index contributed by atoms with van der Waals surface area (Å²) in [5.74, 6) is 0. The van der Waals surface area contributed by atoms with Crippen molar-refractivity contribution in [2.75, 3.05) is 0 Å². The van der Waals surface area contributed by atoms with E-state index in [0.717, 1.165) is 25.5 Å². The minimum atomic E-state index is -6.29. The van der Waals surface area contributed by atoms with Crippen LogP contribution < -0.4 is 25.5 Å². The summed E-state index contributed by atoms with van der Waals surface area (Å²) >= 11 is -6.29. The fraction of sp³-hybridized carbons (Fsp3) is 0. The van der Waals surface area contributed by atoms with Crippen molar-refractivity contribution in [3.63, 3.8) is 0 Å². The molecule has 0 saturated heterocycles. The Hall–Kier alpha value is -2.98. The third-order valence-electron chi connectivity index (χ3n) is 6.45. The third-order valence-corrected chi connectivity index (χ3v) is 30.5. The summed E-state index contributed by atoms with van der Waals surface area (Å²) in [6.45, 7) is 0. The first-order chi connectivity index (χ1) is 18.3. The van der Waals surface area contributed by atoms with Crippen molar-refractivity contribution in [2.24, 2.45) is 0 Å². The third kappa shape index (κ3) is 3.67. The molecule has 0 spiro atoms. The zero-order valence-corrected chi connectivity index (χ0v) is 28.6. The molecular weight excluding hydrogens is 799 g/mol. The van der Waals surface area contributed by atoms with Crippen LogP contribution in [-0.2, 0) is 32.1 Å². The normalized spacial score (nSPS) is 12.3. The number of hydrogen-bond acceptors (Lipinski definition) is 6. The van der Waals surface area contributed by atoms with Gasteiger partial charge in [-0.05, 0) is 0 Å². The summed E-state index contributed by atoms with van der Waals surface area (Å²) in [7, 11) is 0. The molecule has 0 N–H and O–H groups in total. The molecule has 1 radical (unpaired) electrons. The van der Waals surface area contributed by atoms with E-state index < -0.39 is 12.6 Å². The summed E-state index contributed by atoms with van der Waals surface area (Å²) in [6.07, 6.45) is 10.9. The van der Waals surface area contributed by atoms with E-state index >= 15 is 0 Å². The van der Waals surface area contributed by atoms with Crippen molar-refractivity contribution in [3.05, 3.63) is 146 Å². The predicted octanol–water partition coefficient (Wildman–Crippen LogP) is 1.65. The van der Waals surface area contributed by atoms with Crippen molar-refractivity contribution in [1.82, 2.24) is 29.9 Å². The SMILES string of the molecule is P.P.[Rh].c1cc[c]([Os]([c]2ccccn2)([c]2ccccn2)([c]2ccccn2)([c]2ccccn2)[c]2ccccn2)nc1. The van der Waals surface area contributed by atoms with Crippen LogP contribution in [0.2, 0.25) is 0 Å². The quantitative estimate of drug-likeness (QED) is 0.188. The molecule has 207 valence electrons. The van der Waals surface area contributed by atoms with Crippen LogP contribution in [0.1, 0.15) is 0 Å². The summed E-state index contributed by atoms with van der Waals surface area (Å²) in [6, 6.07) is 36.0. The molecule has 0 aliphatic carbocycles. The van der Waals surface area contributed by atoms with Crippen molar-refractivity contribution in [3.8, 4) is 0 Å². The number of pyridine rings is 6. The number of aromatic nitrogens is 6. The first-order valence-electron chi connectivity index (χ1n) is 11.7. The second-order valence-electron chi connectivity index (χ2n) is 8.17. The summed E-state index contributed by atoms with van der Waals surface area (Å²) in [4.78, 5) is 31.0. The Bertz CT molecular complexity index is 1310. The second kappa shape index (κ2) is 12.3. The molecule has 0 saturated carbocycles. The van der Waals surface area contributed by atoms with E-state index in [9.17, 15) is 0 Å². The van der Waals surface area contributed by atoms with Crippen LogP contribution >= 0.6 is 19.8 Å². The van der Waals surface area contributed by atoms with Crippen LogP contribution in [0.15, 0.2) is 146 Å². The molecule has 40 heavy (non-hydrogen) atoms. The first-order valence-corrected chi connectivity index (χ1v) is 19.3. The van der Waals surface area contributed by atoms with E-state index in [1.165, 1.54) is 0 Å². The van der Waals surface area contributed by atoms with Crippen molar-refractivity contribution >= 4 is 45.3 Å². The van der Waals surface area contributed by atoms with Crippen LogP contribution in [0.25, 0.3) is 0 Å². The van der Waals surface area contributed by atoms with Gasteiger partial charge in [0, 0.05) is 19.5 Å². The fourth-order valence-electron chi connectivity index (χ4n) is 4.99. The Morgan fingerprint density at radius 3 is 0.600 bits per heavy atom. The second-order valence-corrected chi connectivity index (χ2v) is 25.5. The Balaban J connectivity index is 0.00000147. The monoisotopic (exact) mass is 831 g/mol. The molecule has 2 unspecified atom stereocenters. The van der Waals surface area contributed by atoms with Gasteiger partial charge < -0.3 is 0 Å². The topological polar surface area (TPSA) is 77.3 Å². The van der Waals surface area contributed by atoms with Crippen molar-refractivity contribution < 1.29 is 32.1 Å². The van der Waals surface area contributed by atoms with Crippen molar-refractivity contribution in [2.45, 2.75) is 0 Å². The van der Waals surface area contributed by atoms with Gasteiger partial charge in [-0.3, -0.25) is 0 Å². The molecule has 0 fully saturated rings. The van der Waals surface area contributed by atoms with E-state index in [2.05, 4.69) is 36.4 Å². The van der Waals surface area contributed by atoms with E-state index in [4.69, 9.17) is 29.9 Å². The molecule has 6 heterocycles. The van der Waals surface area contributed by atoms with E-state index in [1.54, 1.807) is 0 Å². The zero-order valence-electron chi connectivity index (χ0n) is 21.6. The zero-order chi connectivity index (χ0) is 25.1. The molecule has 6 aromatic rings. The summed E-state index contributed by atoms with van der Waals surface area (Å²) in [5.41, 5.74) is 0. The van der Waals surface area contributed by atoms with Gasteiger partial charge in [-0.15, -0.1) is 0 Å². The maximum absolute atomic E-state index is 6.29. The summed E-state index contributed by atoms with van der Waals surface area (Å²) in [5, 5.41) is 0. The number of hydrogen-bond donors (Lipinski definition) is 0. The standard InChI is InChI=1S/6C5H4N.Os.2H3P.Rh/c6*1-2-4-6-5-3-1;;;;/h6*1-4H;;2*1H3;. The molecule has 0 aliphatic heterocycles. The maximum atomic E-state index is 5.16. The molecule has 6 nitrogen and oxygen atoms in total. The van der Waals surface area contributed by atoms with Gasteiger partial charge in [-0.1, -0.05) is 0 Å². The fourth-order valence-corrected chi connectivity index (χ4v) is 28.9. The van der Waals surface area contributed by atoms with Crippen LogP contribution in [0.4, 0.5) is 0 Å². The van der Waals surface area contributed by atoms with Gasteiger partial charge in [0.05, 0.1) is 0 Å². The Kier molecular flexibility index (Phi) is 9.67. The first kappa shape index (κ1) is 31.5. The molecule has 0 bridgehead atoms. The summed E-state index contributed by atoms with van der Waals surface area (Å²) < 4.78 is 4.76. The molecule has 10 heteroatoms. The molecular formula is C30H30N6OsP2Rh. The Labute approximate surface area is 252 Å². The molecule has 0 amide bonds. The molecule has 0 aromatic carbocycles. The van der Waals surface area contributed by atoms with Crippen LogP contribution in [0.5, 0.6) is 0 Å². The Morgan fingerprint density at radius 1 is 0.300 bits per heavy atom. The van der Waals surface area contributed by atoms with Gasteiger partial charge in [-0.2, -0.15) is 19.8 Å². The van der Waals surface area contributed by atoms with Gasteiger partial charge in [-0.25, -0.2) is 0 Å². The molecule has 2 atom stereocenters. The van der Waals surface area contributed by atoms with Gasteiger partial charge >= 0.3 is 214 Å². The van der Waals surface area contributed by atoms with Crippen LogP contribution in [0, 0.1) is 0 Å². The number of nitrogens with zero attached hydrogens (tertiary/aromatic N) is 6. The average Bonchev–Trinajstić information content (AvgIpc) is 3.02. The number of rotatable bonds is 6. The van der Waals surface area contributed by atoms with E-state index in [-0.39, 0.29) is 39.3 Å². The van der Waals surface area contributed by atoms with Gasteiger partial charge in [0.15, 0.2) is 0 Å². The average molecular weight is 830 g/mol. The van der Waals surface area contributed by atoms with Crippen LogP contribution in [-0.4, -0.2) is 29.9 Å². The van der Waals surface area contributed by atoms with Gasteiger partial charge in [0.1, 0.15) is 0 Å². The van der Waals surface area contributed by atoms with E-state index in [0.29, 0.717) is 0 Å². The molecule has 6 rings (SSSR count). The van der Waals surface area contributed by atoms with Gasteiger partial charge in [0.2, 0.25) is 0 Å². The Morgan fingerprint density at radius 2 is 0.475 bits per heavy atom. The predicted molar refractivity (Wildman–Crippen MR) is 165 cm³/mol. The molecule has 6 aromatic heterocycles. The van der Waals surface area contributed by atoms with Crippen LogP contribution in [0.3, 0.4) is 0 Å². The van der Waals surface area contributed by atoms with E-state index in [1.807, 2.05) is 110 Å². The van der Waals surface area contributed by atoms with Gasteiger partial charge in [0.25, 0.3) is 0 Å². The van der Waals surface area contributed by atoms with Crippen molar-refractivity contribution in [1.29, 1.82) is 0 Å².